The van der Waals surface area contributed by atoms with E-state index >= 15 is 0 Å². The molecule has 3 aromatic rings. The van der Waals surface area contributed by atoms with Crippen molar-refractivity contribution in [3.05, 3.63) is 48.0 Å². The highest BCUT2D eigenvalue weighted by Gasteiger charge is 2.14. The molecule has 0 aliphatic rings. The Morgan fingerprint density at radius 3 is 2.42 bits per heavy atom. The molecule has 1 heterocycles. The number of nitrogens with one attached hydrogen (secondary N) is 1. The number of aromatic amines is 1. The van der Waals surface area contributed by atoms with E-state index in [2.05, 4.69) is 14.7 Å². The molecule has 5 heteroatoms. The molecule has 0 radical (unpaired) electrons. The van der Waals surface area contributed by atoms with Crippen LogP contribution in [-0.2, 0) is 0 Å². The Hall–Kier alpha value is -2.43. The van der Waals surface area contributed by atoms with Gasteiger partial charge >= 0.3 is 0 Å². The molecule has 0 fully saturated rings. The van der Waals surface area contributed by atoms with Crippen LogP contribution in [0.4, 0.5) is 8.78 Å². The minimum Gasteiger partial charge on any atom is -0.491 e. The van der Waals surface area contributed by atoms with E-state index < -0.39 is 11.6 Å². The van der Waals surface area contributed by atoms with E-state index in [4.69, 9.17) is 0 Å². The number of ether oxygens (including phenoxy) is 1. The predicted octanol–water partition coefficient (Wildman–Crippen LogP) is 3.52. The number of H-pyrrole nitrogens is 1. The van der Waals surface area contributed by atoms with Crippen LogP contribution >= 0.6 is 0 Å². The molecule has 1 N–H and O–H groups in total. The molecule has 0 bridgehead atoms. The molecule has 0 saturated heterocycles. The number of hydrogen-bond donors (Lipinski definition) is 1. The summed E-state index contributed by atoms with van der Waals surface area (Å²) in [4.78, 5) is 7.31. The van der Waals surface area contributed by atoms with Gasteiger partial charge in [-0.05, 0) is 24.3 Å². The molecule has 1 aromatic heterocycles. The lowest BCUT2D eigenvalue weighted by Crippen LogP contribution is -1.94. The molecule has 2 aromatic carbocycles. The highest BCUT2D eigenvalue weighted by molar-refractivity contribution is 5.79. The Bertz CT molecular complexity index is 696. The van der Waals surface area contributed by atoms with Crippen molar-refractivity contribution in [2.75, 3.05) is 7.11 Å². The van der Waals surface area contributed by atoms with Gasteiger partial charge in [0, 0.05) is 5.56 Å². The molecule has 0 aliphatic carbocycles. The number of hydrogen-bond acceptors (Lipinski definition) is 2. The van der Waals surface area contributed by atoms with E-state index in [1.54, 1.807) is 0 Å². The van der Waals surface area contributed by atoms with Crippen molar-refractivity contribution in [3.63, 3.8) is 0 Å². The Morgan fingerprint density at radius 1 is 1.11 bits per heavy atom. The molecule has 0 aliphatic heterocycles. The van der Waals surface area contributed by atoms with Crippen LogP contribution in [0.25, 0.3) is 22.4 Å². The van der Waals surface area contributed by atoms with E-state index in [1.165, 1.54) is 19.2 Å². The number of para-hydroxylation sites is 2. The minimum absolute atomic E-state index is 0.340. The first kappa shape index (κ1) is 11.6. The number of rotatable bonds is 2. The first-order chi connectivity index (χ1) is 9.19. The van der Waals surface area contributed by atoms with Crippen LogP contribution in [0.2, 0.25) is 0 Å². The third-order valence-electron chi connectivity index (χ3n) is 2.87. The van der Waals surface area contributed by atoms with Gasteiger partial charge in [-0.2, -0.15) is 0 Å². The maximum atomic E-state index is 13.6. The number of imidazole rings is 1. The Balaban J connectivity index is 2.16. The summed E-state index contributed by atoms with van der Waals surface area (Å²) >= 11 is 0. The fourth-order valence-corrected chi connectivity index (χ4v) is 1.98. The first-order valence-electron chi connectivity index (χ1n) is 5.67. The van der Waals surface area contributed by atoms with E-state index in [0.29, 0.717) is 11.4 Å². The summed E-state index contributed by atoms with van der Waals surface area (Å²) in [5, 5.41) is 0. The van der Waals surface area contributed by atoms with Gasteiger partial charge in [0.2, 0.25) is 0 Å². The van der Waals surface area contributed by atoms with Gasteiger partial charge in [-0.3, -0.25) is 0 Å². The maximum Gasteiger partial charge on any atom is 0.190 e. The highest BCUT2D eigenvalue weighted by Crippen LogP contribution is 2.28. The van der Waals surface area contributed by atoms with E-state index in [0.717, 1.165) is 11.0 Å². The minimum atomic E-state index is -0.752. The Morgan fingerprint density at radius 2 is 1.79 bits per heavy atom. The molecule has 96 valence electrons. The van der Waals surface area contributed by atoms with Crippen molar-refractivity contribution in [2.24, 2.45) is 0 Å². The van der Waals surface area contributed by atoms with E-state index in [-0.39, 0.29) is 5.75 Å². The van der Waals surface area contributed by atoms with Gasteiger partial charge in [-0.1, -0.05) is 12.1 Å². The largest absolute Gasteiger partial charge is 0.491 e. The standard InChI is InChI=1S/C14H10F2N2O/c1-19-13-9(15)6-8(7-10(13)16)14-17-11-4-2-3-5-12(11)18-14/h2-7H,1H3,(H,17,18). The second-order valence-corrected chi connectivity index (χ2v) is 4.08. The first-order valence-corrected chi connectivity index (χ1v) is 5.67. The molecular weight excluding hydrogens is 250 g/mol. The third kappa shape index (κ3) is 1.93. The maximum absolute atomic E-state index is 13.6. The van der Waals surface area contributed by atoms with Gasteiger partial charge in [0.1, 0.15) is 5.82 Å². The van der Waals surface area contributed by atoms with Gasteiger partial charge in [-0.15, -0.1) is 0 Å². The van der Waals surface area contributed by atoms with Gasteiger partial charge in [0.25, 0.3) is 0 Å². The van der Waals surface area contributed by atoms with Crippen molar-refractivity contribution >= 4 is 11.0 Å². The molecule has 19 heavy (non-hydrogen) atoms. The average molecular weight is 260 g/mol. The van der Waals surface area contributed by atoms with Gasteiger partial charge < -0.3 is 9.72 Å². The quantitative estimate of drug-likeness (QED) is 0.765. The molecule has 3 nitrogen and oxygen atoms in total. The summed E-state index contributed by atoms with van der Waals surface area (Å²) < 4.78 is 31.9. The van der Waals surface area contributed by atoms with Crippen LogP contribution in [-0.4, -0.2) is 17.1 Å². The molecule has 0 saturated carbocycles. The van der Waals surface area contributed by atoms with Crippen LogP contribution in [0.5, 0.6) is 5.75 Å². The number of benzene rings is 2. The van der Waals surface area contributed by atoms with Gasteiger partial charge in [0.15, 0.2) is 17.4 Å². The number of methoxy groups -OCH3 is 1. The van der Waals surface area contributed by atoms with Crippen molar-refractivity contribution in [3.8, 4) is 17.1 Å². The van der Waals surface area contributed by atoms with Crippen molar-refractivity contribution in [1.29, 1.82) is 0 Å². The van der Waals surface area contributed by atoms with E-state index in [9.17, 15) is 8.78 Å². The fraction of sp³-hybridized carbons (Fsp3) is 0.0714. The van der Waals surface area contributed by atoms with E-state index in [1.807, 2.05) is 24.3 Å². The summed E-state index contributed by atoms with van der Waals surface area (Å²) in [6.45, 7) is 0. The van der Waals surface area contributed by atoms with Crippen molar-refractivity contribution in [1.82, 2.24) is 9.97 Å². The highest BCUT2D eigenvalue weighted by atomic mass is 19.1. The summed E-state index contributed by atoms with van der Waals surface area (Å²) in [6.07, 6.45) is 0. The lowest BCUT2D eigenvalue weighted by atomic mass is 10.2. The number of nitrogens with zero attached hydrogens (tertiary/aromatic N) is 1. The fourth-order valence-electron chi connectivity index (χ4n) is 1.98. The summed E-state index contributed by atoms with van der Waals surface area (Å²) in [5.41, 5.74) is 1.90. The predicted molar refractivity (Wildman–Crippen MR) is 68.0 cm³/mol. The topological polar surface area (TPSA) is 37.9 Å². The number of halogens is 2. The molecule has 0 atom stereocenters. The van der Waals surface area contributed by atoms with Crippen LogP contribution in [0.1, 0.15) is 0 Å². The lowest BCUT2D eigenvalue weighted by molar-refractivity contribution is 0.360. The molecular formula is C14H10F2N2O. The normalized spacial score (nSPS) is 10.9. The van der Waals surface area contributed by atoms with Crippen molar-refractivity contribution in [2.45, 2.75) is 0 Å². The van der Waals surface area contributed by atoms with Crippen LogP contribution in [0, 0.1) is 11.6 Å². The number of fused-ring (bicyclic) bond motifs is 1. The van der Waals surface area contributed by atoms with Gasteiger partial charge in [0.05, 0.1) is 18.1 Å². The molecule has 0 amide bonds. The lowest BCUT2D eigenvalue weighted by Gasteiger charge is -2.05. The monoisotopic (exact) mass is 260 g/mol. The zero-order valence-corrected chi connectivity index (χ0v) is 10.1. The summed E-state index contributed by atoms with van der Waals surface area (Å²) in [5.74, 6) is -1.47. The zero-order chi connectivity index (χ0) is 13.4. The second kappa shape index (κ2) is 4.35. The van der Waals surface area contributed by atoms with Gasteiger partial charge in [-0.25, -0.2) is 13.8 Å². The molecule has 0 unspecified atom stereocenters. The smallest absolute Gasteiger partial charge is 0.190 e. The Kier molecular flexibility index (Phi) is 2.67. The number of aromatic nitrogens is 2. The van der Waals surface area contributed by atoms with Crippen LogP contribution < -0.4 is 4.74 Å². The summed E-state index contributed by atoms with van der Waals surface area (Å²) in [7, 11) is 1.22. The van der Waals surface area contributed by atoms with Crippen LogP contribution in [0.3, 0.4) is 0 Å². The molecule has 3 rings (SSSR count). The zero-order valence-electron chi connectivity index (χ0n) is 10.1. The average Bonchev–Trinajstić information content (AvgIpc) is 2.82. The summed E-state index contributed by atoms with van der Waals surface area (Å²) in [6, 6.07) is 9.77. The van der Waals surface area contributed by atoms with Crippen LogP contribution in [0.15, 0.2) is 36.4 Å². The SMILES string of the molecule is COc1c(F)cc(-c2nc3ccccc3[nH]2)cc1F. The third-order valence-corrected chi connectivity index (χ3v) is 2.87. The Labute approximate surface area is 107 Å². The molecule has 0 spiro atoms. The second-order valence-electron chi connectivity index (χ2n) is 4.08. The van der Waals surface area contributed by atoms with Crippen molar-refractivity contribution < 1.29 is 13.5 Å².